The number of aromatic nitrogens is 3. The normalized spacial score (nSPS) is 16.4. The van der Waals surface area contributed by atoms with Crippen molar-refractivity contribution >= 4 is 22.0 Å². The molecule has 0 saturated carbocycles. The largest absolute Gasteiger partial charge is 0.350 e. The number of amides is 1. The Hall–Kier alpha value is -3.38. The van der Waals surface area contributed by atoms with Crippen molar-refractivity contribution in [3.63, 3.8) is 0 Å². The van der Waals surface area contributed by atoms with Crippen LogP contribution in [-0.4, -0.2) is 42.2 Å². The molecule has 0 bridgehead atoms. The number of ether oxygens (including phenoxy) is 1. The number of sulfonamides is 1. The van der Waals surface area contributed by atoms with Crippen LogP contribution in [0.3, 0.4) is 0 Å². The topological polar surface area (TPSA) is 124 Å². The van der Waals surface area contributed by atoms with Gasteiger partial charge in [0, 0.05) is 31.2 Å². The summed E-state index contributed by atoms with van der Waals surface area (Å²) in [6.45, 7) is 0.721. The smallest absolute Gasteiger partial charge is 0.267 e. The quantitative estimate of drug-likeness (QED) is 0.326. The van der Waals surface area contributed by atoms with Crippen LogP contribution in [-0.2, 0) is 36.8 Å². The Morgan fingerprint density at radius 3 is 2.83 bits per heavy atom. The number of hydrogen-bond donors (Lipinski definition) is 2. The molecule has 0 spiro atoms. The molecule has 10 nitrogen and oxygen atoms in total. The molecule has 1 atom stereocenters. The maximum atomic E-state index is 12.5. The van der Waals surface area contributed by atoms with Gasteiger partial charge in [0.2, 0.25) is 10.0 Å². The second-order valence-electron chi connectivity index (χ2n) is 8.03. The van der Waals surface area contributed by atoms with Gasteiger partial charge in [-0.2, -0.15) is 0 Å². The first-order valence-electron chi connectivity index (χ1n) is 11.2. The average Bonchev–Trinajstić information content (AvgIpc) is 3.34. The third-order valence-corrected chi connectivity index (χ3v) is 6.40. The summed E-state index contributed by atoms with van der Waals surface area (Å²) in [4.78, 5) is 17.2. The lowest BCUT2D eigenvalue weighted by Crippen LogP contribution is -2.32. The number of carbonyl (C=O) groups excluding carboxylic acids is 1. The van der Waals surface area contributed by atoms with Gasteiger partial charge in [0.25, 0.3) is 5.91 Å². The van der Waals surface area contributed by atoms with E-state index >= 15 is 0 Å². The highest BCUT2D eigenvalue weighted by Gasteiger charge is 2.15. The van der Waals surface area contributed by atoms with Crippen LogP contribution in [0.4, 0.5) is 0 Å². The van der Waals surface area contributed by atoms with Crippen molar-refractivity contribution < 1.29 is 22.8 Å². The third kappa shape index (κ3) is 7.82. The summed E-state index contributed by atoms with van der Waals surface area (Å²) in [5, 5.41) is 7.95. The maximum absolute atomic E-state index is 12.5. The first-order chi connectivity index (χ1) is 17.0. The highest BCUT2D eigenvalue weighted by atomic mass is 32.2. The second kappa shape index (κ2) is 11.8. The molecule has 2 heterocycles. The molecule has 1 aliphatic heterocycles. The molecule has 1 fully saturated rings. The molecule has 184 valence electrons. The van der Waals surface area contributed by atoms with Crippen LogP contribution in [0.1, 0.15) is 30.4 Å². The summed E-state index contributed by atoms with van der Waals surface area (Å²) in [5.41, 5.74) is 5.30. The lowest BCUT2D eigenvalue weighted by atomic mass is 10.1. The van der Waals surface area contributed by atoms with E-state index in [2.05, 4.69) is 20.5 Å². The minimum atomic E-state index is -3.66. The zero-order valence-corrected chi connectivity index (χ0v) is 19.9. The van der Waals surface area contributed by atoms with Crippen LogP contribution in [0.2, 0.25) is 0 Å². The van der Waals surface area contributed by atoms with Crippen molar-refractivity contribution in [2.24, 2.45) is 0 Å². The van der Waals surface area contributed by atoms with Crippen LogP contribution in [0.25, 0.3) is 17.3 Å². The number of nitrogens with one attached hydrogen (secondary N) is 2. The summed E-state index contributed by atoms with van der Waals surface area (Å²) < 4.78 is 34.3. The molecule has 3 aromatic rings. The molecule has 0 aliphatic carbocycles. The summed E-state index contributed by atoms with van der Waals surface area (Å²) in [5.74, 6) is -0.759. The van der Waals surface area contributed by atoms with Crippen molar-refractivity contribution in [3.05, 3.63) is 78.0 Å². The SMILES string of the molecule is O=C(C=Cc1cccc(CNS(=O)(=O)Cn2cc(-c3ccccc3)nn2)c1)NOC1CCCCO1. The van der Waals surface area contributed by atoms with Gasteiger partial charge in [0.15, 0.2) is 12.2 Å². The highest BCUT2D eigenvalue weighted by Crippen LogP contribution is 2.15. The summed E-state index contributed by atoms with van der Waals surface area (Å²) in [7, 11) is -3.66. The monoisotopic (exact) mass is 497 g/mol. The first-order valence-corrected chi connectivity index (χ1v) is 12.9. The van der Waals surface area contributed by atoms with Crippen molar-refractivity contribution in [2.45, 2.75) is 38.0 Å². The molecular formula is C24H27N5O5S. The minimum absolute atomic E-state index is 0.0958. The van der Waals surface area contributed by atoms with Crippen LogP contribution in [0.15, 0.2) is 66.9 Å². The Balaban J connectivity index is 1.27. The second-order valence-corrected chi connectivity index (χ2v) is 9.81. The first kappa shape index (κ1) is 24.7. The lowest BCUT2D eigenvalue weighted by molar-refractivity contribution is -0.198. The fourth-order valence-corrected chi connectivity index (χ4v) is 4.41. The fraction of sp³-hybridized carbons (Fsp3) is 0.292. The summed E-state index contributed by atoms with van der Waals surface area (Å²) >= 11 is 0. The Bertz CT molecular complexity index is 1250. The standard InChI is InChI=1S/C24H27N5O5S/c30-23(27-34-24-11-4-5-14-33-24)13-12-19-7-6-8-20(15-19)16-25-35(31,32)18-29-17-22(26-28-29)21-9-2-1-3-10-21/h1-3,6-10,12-13,15,17,24-25H,4-5,11,14,16,18H2,(H,27,30). The van der Waals surface area contributed by atoms with Crippen molar-refractivity contribution in [3.8, 4) is 11.3 Å². The predicted molar refractivity (Wildman–Crippen MR) is 130 cm³/mol. The molecule has 1 amide bonds. The molecule has 1 aliphatic rings. The van der Waals surface area contributed by atoms with Crippen LogP contribution < -0.4 is 10.2 Å². The van der Waals surface area contributed by atoms with Gasteiger partial charge in [-0.05, 0) is 30.0 Å². The number of benzene rings is 2. The van der Waals surface area contributed by atoms with E-state index < -0.39 is 22.2 Å². The Kier molecular flexibility index (Phi) is 8.37. The molecule has 0 radical (unpaired) electrons. The van der Waals surface area contributed by atoms with E-state index in [1.807, 2.05) is 36.4 Å². The van der Waals surface area contributed by atoms with E-state index in [9.17, 15) is 13.2 Å². The van der Waals surface area contributed by atoms with Crippen molar-refractivity contribution in [1.29, 1.82) is 0 Å². The van der Waals surface area contributed by atoms with E-state index in [4.69, 9.17) is 9.57 Å². The van der Waals surface area contributed by atoms with E-state index in [1.54, 1.807) is 30.5 Å². The number of nitrogens with zero attached hydrogens (tertiary/aromatic N) is 3. The number of hydroxylamine groups is 1. The minimum Gasteiger partial charge on any atom is -0.350 e. The van der Waals surface area contributed by atoms with E-state index in [1.165, 1.54) is 10.8 Å². The molecule has 2 N–H and O–H groups in total. The van der Waals surface area contributed by atoms with Crippen LogP contribution >= 0.6 is 0 Å². The molecule has 1 aromatic heterocycles. The molecule has 35 heavy (non-hydrogen) atoms. The molecular weight excluding hydrogens is 470 g/mol. The van der Waals surface area contributed by atoms with Gasteiger partial charge in [-0.15, -0.1) is 5.10 Å². The Labute approximate surface area is 203 Å². The van der Waals surface area contributed by atoms with Gasteiger partial charge in [0.05, 0.1) is 6.20 Å². The Morgan fingerprint density at radius 1 is 1.17 bits per heavy atom. The number of rotatable bonds is 10. The van der Waals surface area contributed by atoms with Crippen molar-refractivity contribution in [1.82, 2.24) is 25.2 Å². The van der Waals surface area contributed by atoms with Gasteiger partial charge in [-0.3, -0.25) is 4.79 Å². The molecule has 1 unspecified atom stereocenters. The molecule has 4 rings (SSSR count). The van der Waals surface area contributed by atoms with E-state index in [0.29, 0.717) is 12.3 Å². The van der Waals surface area contributed by atoms with Crippen LogP contribution in [0.5, 0.6) is 0 Å². The summed E-state index contributed by atoms with van der Waals surface area (Å²) in [6, 6.07) is 16.6. The zero-order chi connectivity index (χ0) is 24.5. The van der Waals surface area contributed by atoms with Gasteiger partial charge in [-0.1, -0.05) is 59.8 Å². The van der Waals surface area contributed by atoms with Gasteiger partial charge in [0.1, 0.15) is 5.69 Å². The van der Waals surface area contributed by atoms with E-state index in [0.717, 1.165) is 36.0 Å². The molecule has 11 heteroatoms. The fourth-order valence-electron chi connectivity index (χ4n) is 3.46. The number of hydrogen-bond acceptors (Lipinski definition) is 7. The Morgan fingerprint density at radius 2 is 2.03 bits per heavy atom. The van der Waals surface area contributed by atoms with Gasteiger partial charge >= 0.3 is 0 Å². The van der Waals surface area contributed by atoms with E-state index in [-0.39, 0.29) is 12.4 Å². The lowest BCUT2D eigenvalue weighted by Gasteiger charge is -2.21. The number of carbonyl (C=O) groups is 1. The van der Waals surface area contributed by atoms with Crippen LogP contribution in [0, 0.1) is 0 Å². The van der Waals surface area contributed by atoms with Gasteiger partial charge in [-0.25, -0.2) is 28.1 Å². The zero-order valence-electron chi connectivity index (χ0n) is 19.0. The third-order valence-electron chi connectivity index (χ3n) is 5.21. The van der Waals surface area contributed by atoms with Gasteiger partial charge < -0.3 is 4.74 Å². The predicted octanol–water partition coefficient (Wildman–Crippen LogP) is 2.61. The average molecular weight is 498 g/mol. The highest BCUT2D eigenvalue weighted by molar-refractivity contribution is 7.88. The summed E-state index contributed by atoms with van der Waals surface area (Å²) in [6.07, 6.45) is 6.89. The van der Waals surface area contributed by atoms with Crippen molar-refractivity contribution in [2.75, 3.05) is 6.61 Å². The molecule has 2 aromatic carbocycles. The molecule has 1 saturated heterocycles. The maximum Gasteiger partial charge on any atom is 0.267 e.